The number of aromatic nitrogens is 2. The summed E-state index contributed by atoms with van der Waals surface area (Å²) >= 11 is 7.39. The lowest BCUT2D eigenvalue weighted by Crippen LogP contribution is -2.20. The summed E-state index contributed by atoms with van der Waals surface area (Å²) in [7, 11) is 1.28. The van der Waals surface area contributed by atoms with E-state index in [1.807, 2.05) is 0 Å². The van der Waals surface area contributed by atoms with Crippen LogP contribution >= 0.6 is 22.9 Å². The molecule has 1 N–H and O–H groups in total. The predicted molar refractivity (Wildman–Crippen MR) is 106 cm³/mol. The molecule has 0 aliphatic heterocycles. The Labute approximate surface area is 173 Å². The molecule has 0 spiro atoms. The maximum absolute atomic E-state index is 13.0. The molecule has 0 bridgehead atoms. The zero-order valence-corrected chi connectivity index (χ0v) is 16.8. The van der Waals surface area contributed by atoms with Gasteiger partial charge < -0.3 is 10.1 Å². The van der Waals surface area contributed by atoms with Crippen molar-refractivity contribution in [3.63, 3.8) is 0 Å². The van der Waals surface area contributed by atoms with Crippen molar-refractivity contribution in [2.75, 3.05) is 12.4 Å². The first-order chi connectivity index (χ1) is 13.9. The largest absolute Gasteiger partial charge is 0.465 e. The van der Waals surface area contributed by atoms with E-state index in [2.05, 4.69) is 10.4 Å². The molecule has 1 aliphatic carbocycles. The third-order valence-electron chi connectivity index (χ3n) is 4.63. The first-order valence-electron chi connectivity index (χ1n) is 8.83. The lowest BCUT2D eigenvalue weighted by atomic mass is 10.2. The smallest absolute Gasteiger partial charge is 0.349 e. The summed E-state index contributed by atoms with van der Waals surface area (Å²) in [6.07, 6.45) is -0.852. The number of rotatable bonds is 6. The molecule has 6 nitrogen and oxygen atoms in total. The number of fused-ring (bicyclic) bond motifs is 1. The Morgan fingerprint density at radius 3 is 2.79 bits per heavy atom. The van der Waals surface area contributed by atoms with Gasteiger partial charge in [-0.05, 0) is 37.1 Å². The molecule has 3 aromatic rings. The minimum atomic E-state index is -2.67. The summed E-state index contributed by atoms with van der Waals surface area (Å²) in [5.74, 6) is -0.724. The number of nitrogens with zero attached hydrogens (tertiary/aromatic N) is 2. The fraction of sp³-hybridized carbons (Fsp3) is 0.316. The van der Waals surface area contributed by atoms with Crippen LogP contribution < -0.4 is 5.32 Å². The van der Waals surface area contributed by atoms with Gasteiger partial charge in [-0.25, -0.2) is 13.6 Å². The molecule has 10 heteroatoms. The molecule has 152 valence electrons. The number of anilines is 1. The van der Waals surface area contributed by atoms with Crippen molar-refractivity contribution in [2.45, 2.75) is 31.7 Å². The summed E-state index contributed by atoms with van der Waals surface area (Å²) in [5.41, 5.74) is 0.856. The summed E-state index contributed by atoms with van der Waals surface area (Å²) in [4.78, 5) is 24.5. The van der Waals surface area contributed by atoms with Crippen LogP contribution in [0.3, 0.4) is 0 Å². The molecular weight excluding hydrogens is 424 g/mol. The Balaban J connectivity index is 1.53. The van der Waals surface area contributed by atoms with E-state index in [0.717, 1.165) is 24.2 Å². The molecule has 1 aliphatic rings. The van der Waals surface area contributed by atoms with Gasteiger partial charge in [0.1, 0.15) is 17.1 Å². The highest BCUT2D eigenvalue weighted by atomic mass is 35.5. The van der Waals surface area contributed by atoms with E-state index in [9.17, 15) is 18.4 Å². The molecule has 1 amide bonds. The van der Waals surface area contributed by atoms with Crippen molar-refractivity contribution in [1.82, 2.24) is 9.78 Å². The number of benzene rings is 1. The second-order valence-corrected chi connectivity index (χ2v) is 8.15. The average Bonchev–Trinajstić information content (AvgIpc) is 3.36. The Kier molecular flexibility index (Phi) is 5.26. The molecule has 2 aromatic heterocycles. The lowest BCUT2D eigenvalue weighted by Gasteiger charge is -2.08. The van der Waals surface area contributed by atoms with Gasteiger partial charge >= 0.3 is 5.97 Å². The van der Waals surface area contributed by atoms with Crippen LogP contribution in [0.2, 0.25) is 5.02 Å². The van der Waals surface area contributed by atoms with Crippen molar-refractivity contribution in [1.29, 1.82) is 0 Å². The van der Waals surface area contributed by atoms with Gasteiger partial charge in [-0.15, -0.1) is 11.3 Å². The first-order valence-corrected chi connectivity index (χ1v) is 10.0. The Morgan fingerprint density at radius 2 is 2.14 bits per heavy atom. The van der Waals surface area contributed by atoms with Crippen LogP contribution in [-0.2, 0) is 16.1 Å². The SMILES string of the molecule is COC(=O)c1sc2cc(NC(=O)Cn3nc(C(F)F)cc3C3CC3)ccc2c1Cl. The van der Waals surface area contributed by atoms with Crippen LogP contribution in [0.1, 0.15) is 46.2 Å². The Hall–Kier alpha value is -2.52. The van der Waals surface area contributed by atoms with E-state index in [0.29, 0.717) is 26.5 Å². The molecule has 2 heterocycles. The number of hydrogen-bond donors (Lipinski definition) is 1. The quantitative estimate of drug-likeness (QED) is 0.549. The second kappa shape index (κ2) is 7.72. The number of alkyl halides is 2. The molecule has 0 saturated heterocycles. The number of thiophene rings is 1. The van der Waals surface area contributed by atoms with Crippen LogP contribution in [0.4, 0.5) is 14.5 Å². The zero-order chi connectivity index (χ0) is 20.7. The van der Waals surface area contributed by atoms with E-state index in [1.165, 1.54) is 17.9 Å². The molecule has 1 aromatic carbocycles. The number of halogens is 3. The average molecular weight is 440 g/mol. The summed E-state index contributed by atoms with van der Waals surface area (Å²) in [6.45, 7) is -0.158. The van der Waals surface area contributed by atoms with Crippen molar-refractivity contribution in [3.05, 3.63) is 45.6 Å². The molecule has 1 saturated carbocycles. The van der Waals surface area contributed by atoms with Crippen molar-refractivity contribution in [3.8, 4) is 0 Å². The van der Waals surface area contributed by atoms with Gasteiger partial charge in [0.25, 0.3) is 6.43 Å². The monoisotopic (exact) mass is 439 g/mol. The molecular formula is C19H16ClF2N3O3S. The van der Waals surface area contributed by atoms with E-state index in [1.54, 1.807) is 18.2 Å². The highest BCUT2D eigenvalue weighted by Gasteiger charge is 2.30. The van der Waals surface area contributed by atoms with Crippen molar-refractivity contribution in [2.24, 2.45) is 0 Å². The molecule has 4 rings (SSSR count). The van der Waals surface area contributed by atoms with Gasteiger partial charge in [0, 0.05) is 27.4 Å². The topological polar surface area (TPSA) is 73.2 Å². The molecule has 0 atom stereocenters. The molecule has 29 heavy (non-hydrogen) atoms. The van der Waals surface area contributed by atoms with Gasteiger partial charge in [-0.2, -0.15) is 5.10 Å². The number of nitrogens with one attached hydrogen (secondary N) is 1. The van der Waals surface area contributed by atoms with Crippen LogP contribution in [0.5, 0.6) is 0 Å². The van der Waals surface area contributed by atoms with Gasteiger partial charge in [-0.3, -0.25) is 9.48 Å². The van der Waals surface area contributed by atoms with Gasteiger partial charge in [0.05, 0.1) is 12.1 Å². The van der Waals surface area contributed by atoms with Crippen LogP contribution in [0, 0.1) is 0 Å². The molecule has 0 radical (unpaired) electrons. The maximum atomic E-state index is 13.0. The summed E-state index contributed by atoms with van der Waals surface area (Å²) in [6, 6.07) is 6.44. The number of carbonyl (C=O) groups excluding carboxylic acids is 2. The normalized spacial score (nSPS) is 13.8. The minimum Gasteiger partial charge on any atom is -0.465 e. The van der Waals surface area contributed by atoms with Crippen molar-refractivity contribution >= 4 is 50.6 Å². The van der Waals surface area contributed by atoms with E-state index in [-0.39, 0.29) is 28.9 Å². The van der Waals surface area contributed by atoms with E-state index in [4.69, 9.17) is 16.3 Å². The number of carbonyl (C=O) groups is 2. The number of hydrogen-bond acceptors (Lipinski definition) is 5. The molecule has 0 unspecified atom stereocenters. The third kappa shape index (κ3) is 3.97. The number of amides is 1. The number of methoxy groups -OCH3 is 1. The Morgan fingerprint density at radius 1 is 1.38 bits per heavy atom. The second-order valence-electron chi connectivity index (χ2n) is 6.72. The lowest BCUT2D eigenvalue weighted by molar-refractivity contribution is -0.117. The maximum Gasteiger partial charge on any atom is 0.349 e. The third-order valence-corrected chi connectivity index (χ3v) is 6.26. The fourth-order valence-electron chi connectivity index (χ4n) is 3.10. The highest BCUT2D eigenvalue weighted by molar-refractivity contribution is 7.21. The standard InChI is InChI=1S/C19H16ClF2N3O3S/c1-28-19(27)17-16(20)11-5-4-10(6-14(11)29-17)23-15(26)8-25-13(9-2-3-9)7-12(24-25)18(21)22/h4-7,9,18H,2-3,8H2,1H3,(H,23,26). The highest BCUT2D eigenvalue weighted by Crippen LogP contribution is 2.41. The molecule has 1 fully saturated rings. The summed E-state index contributed by atoms with van der Waals surface area (Å²) in [5, 5.41) is 7.61. The summed E-state index contributed by atoms with van der Waals surface area (Å²) < 4.78 is 32.7. The van der Waals surface area contributed by atoms with Crippen molar-refractivity contribution < 1.29 is 23.1 Å². The van der Waals surface area contributed by atoms with Crippen LogP contribution in [-0.4, -0.2) is 28.8 Å². The fourth-order valence-corrected chi connectivity index (χ4v) is 4.56. The van der Waals surface area contributed by atoms with E-state index < -0.39 is 12.4 Å². The van der Waals surface area contributed by atoms with Gasteiger partial charge in [-0.1, -0.05) is 11.6 Å². The van der Waals surface area contributed by atoms with Gasteiger partial charge in [0.2, 0.25) is 5.91 Å². The number of esters is 1. The van der Waals surface area contributed by atoms with Crippen LogP contribution in [0.15, 0.2) is 24.3 Å². The van der Waals surface area contributed by atoms with Crippen LogP contribution in [0.25, 0.3) is 10.1 Å². The first kappa shape index (κ1) is 19.8. The van der Waals surface area contributed by atoms with Gasteiger partial charge in [0.15, 0.2) is 0 Å². The predicted octanol–water partition coefficient (Wildman–Crippen LogP) is 4.99. The zero-order valence-electron chi connectivity index (χ0n) is 15.2. The van der Waals surface area contributed by atoms with E-state index >= 15 is 0 Å². The number of ether oxygens (including phenoxy) is 1. The minimum absolute atomic E-state index is 0.158. The Bertz CT molecular complexity index is 1110.